The fourth-order valence-corrected chi connectivity index (χ4v) is 2.49. The Bertz CT molecular complexity index is 567. The summed E-state index contributed by atoms with van der Waals surface area (Å²) in [5.74, 6) is -0.214. The van der Waals surface area contributed by atoms with Crippen LogP contribution in [0.4, 0.5) is 4.79 Å². The second-order valence-electron chi connectivity index (χ2n) is 5.57. The lowest BCUT2D eigenvalue weighted by atomic mass is 10.1. The van der Waals surface area contributed by atoms with Crippen molar-refractivity contribution in [2.24, 2.45) is 0 Å². The third-order valence-electron chi connectivity index (χ3n) is 3.93. The molecule has 1 aromatic rings. The third-order valence-corrected chi connectivity index (χ3v) is 3.93. The van der Waals surface area contributed by atoms with E-state index in [2.05, 4.69) is 12.2 Å². The number of nitrogens with zero attached hydrogens (tertiary/aromatic N) is 2. The molecule has 0 saturated carbocycles. The number of carbonyl (C=O) groups is 3. The molecule has 0 atom stereocenters. The van der Waals surface area contributed by atoms with E-state index in [0.717, 1.165) is 24.9 Å². The van der Waals surface area contributed by atoms with E-state index in [1.54, 1.807) is 24.3 Å². The first kappa shape index (κ1) is 17.0. The Hall–Kier alpha value is -2.37. The van der Waals surface area contributed by atoms with E-state index in [9.17, 15) is 14.4 Å². The van der Waals surface area contributed by atoms with Gasteiger partial charge in [-0.25, -0.2) is 4.79 Å². The maximum atomic E-state index is 12.4. The molecule has 1 aliphatic heterocycles. The van der Waals surface area contributed by atoms with Crippen molar-refractivity contribution in [3.05, 3.63) is 35.4 Å². The molecule has 0 aromatic heterocycles. The molecule has 0 radical (unpaired) electrons. The minimum absolute atomic E-state index is 0.0162. The van der Waals surface area contributed by atoms with Crippen LogP contribution < -0.4 is 5.32 Å². The van der Waals surface area contributed by atoms with E-state index in [4.69, 9.17) is 0 Å². The standard InChI is InChI=1S/C17H23N3O3/c1-3-5-10-19(4-2)16(22)14-8-6-13(7-9-14)12-20-15(21)11-18-17(20)23/h6-9H,3-5,10-12H2,1-2H3,(H,18,23). The van der Waals surface area contributed by atoms with Gasteiger partial charge in [0, 0.05) is 18.7 Å². The van der Waals surface area contributed by atoms with Gasteiger partial charge in [0.15, 0.2) is 0 Å². The van der Waals surface area contributed by atoms with Crippen molar-refractivity contribution in [1.82, 2.24) is 15.1 Å². The van der Waals surface area contributed by atoms with E-state index in [1.165, 1.54) is 4.90 Å². The van der Waals surface area contributed by atoms with Gasteiger partial charge in [-0.3, -0.25) is 14.5 Å². The molecule has 1 aliphatic rings. The molecule has 2 rings (SSSR count). The highest BCUT2D eigenvalue weighted by Crippen LogP contribution is 2.12. The van der Waals surface area contributed by atoms with Crippen molar-refractivity contribution in [1.29, 1.82) is 0 Å². The van der Waals surface area contributed by atoms with Crippen LogP contribution >= 0.6 is 0 Å². The van der Waals surface area contributed by atoms with E-state index in [1.807, 2.05) is 11.8 Å². The van der Waals surface area contributed by atoms with E-state index in [0.29, 0.717) is 12.1 Å². The Balaban J connectivity index is 2.02. The molecule has 0 bridgehead atoms. The molecule has 4 amide bonds. The summed E-state index contributed by atoms with van der Waals surface area (Å²) in [6, 6.07) is 6.72. The topological polar surface area (TPSA) is 69.7 Å². The van der Waals surface area contributed by atoms with Crippen molar-refractivity contribution in [2.75, 3.05) is 19.6 Å². The van der Waals surface area contributed by atoms with Crippen LogP contribution in [0.25, 0.3) is 0 Å². The molecule has 124 valence electrons. The fraction of sp³-hybridized carbons (Fsp3) is 0.471. The zero-order valence-corrected chi connectivity index (χ0v) is 13.7. The van der Waals surface area contributed by atoms with Crippen molar-refractivity contribution in [3.8, 4) is 0 Å². The lowest BCUT2D eigenvalue weighted by molar-refractivity contribution is -0.125. The number of benzene rings is 1. The molecule has 0 spiro atoms. The SMILES string of the molecule is CCCCN(CC)C(=O)c1ccc(CN2C(=O)CNC2=O)cc1. The lowest BCUT2D eigenvalue weighted by Crippen LogP contribution is -2.32. The quantitative estimate of drug-likeness (QED) is 0.782. The van der Waals surface area contributed by atoms with Gasteiger partial charge in [-0.15, -0.1) is 0 Å². The molecule has 1 heterocycles. The molecule has 1 aromatic carbocycles. The fourth-order valence-electron chi connectivity index (χ4n) is 2.49. The number of urea groups is 1. The van der Waals surface area contributed by atoms with Crippen molar-refractivity contribution >= 4 is 17.8 Å². The van der Waals surface area contributed by atoms with Crippen LogP contribution in [-0.2, 0) is 11.3 Å². The zero-order valence-electron chi connectivity index (χ0n) is 13.7. The largest absolute Gasteiger partial charge is 0.339 e. The predicted molar refractivity (Wildman–Crippen MR) is 86.9 cm³/mol. The smallest absolute Gasteiger partial charge is 0.324 e. The number of hydrogen-bond acceptors (Lipinski definition) is 3. The average molecular weight is 317 g/mol. The molecule has 6 heteroatoms. The number of amides is 4. The summed E-state index contributed by atoms with van der Waals surface area (Å²) < 4.78 is 0. The Morgan fingerprint density at radius 3 is 2.43 bits per heavy atom. The van der Waals surface area contributed by atoms with Crippen LogP contribution in [0.2, 0.25) is 0 Å². The Kier molecular flexibility index (Phi) is 5.73. The van der Waals surface area contributed by atoms with Gasteiger partial charge in [0.05, 0.1) is 13.1 Å². The maximum Gasteiger partial charge on any atom is 0.324 e. The maximum absolute atomic E-state index is 12.4. The first-order valence-electron chi connectivity index (χ1n) is 8.03. The molecular weight excluding hydrogens is 294 g/mol. The van der Waals surface area contributed by atoms with Gasteiger partial charge in [-0.1, -0.05) is 25.5 Å². The summed E-state index contributed by atoms with van der Waals surface area (Å²) in [4.78, 5) is 38.5. The summed E-state index contributed by atoms with van der Waals surface area (Å²) in [7, 11) is 0. The molecule has 1 saturated heterocycles. The summed E-state index contributed by atoms with van der Waals surface area (Å²) in [6.45, 7) is 5.80. The van der Waals surface area contributed by atoms with Crippen LogP contribution in [0.5, 0.6) is 0 Å². The summed E-state index contributed by atoms with van der Waals surface area (Å²) >= 11 is 0. The van der Waals surface area contributed by atoms with Crippen LogP contribution in [0, 0.1) is 0 Å². The second kappa shape index (κ2) is 7.76. The zero-order chi connectivity index (χ0) is 16.8. The first-order valence-corrected chi connectivity index (χ1v) is 8.03. The highest BCUT2D eigenvalue weighted by atomic mass is 16.2. The Morgan fingerprint density at radius 1 is 1.22 bits per heavy atom. The van der Waals surface area contributed by atoms with E-state index < -0.39 is 0 Å². The van der Waals surface area contributed by atoms with Crippen LogP contribution in [-0.4, -0.2) is 47.3 Å². The van der Waals surface area contributed by atoms with Gasteiger partial charge in [-0.2, -0.15) is 0 Å². The number of hydrogen-bond donors (Lipinski definition) is 1. The molecule has 1 N–H and O–H groups in total. The predicted octanol–water partition coefficient (Wildman–Crippen LogP) is 2.00. The lowest BCUT2D eigenvalue weighted by Gasteiger charge is -2.21. The van der Waals surface area contributed by atoms with Crippen LogP contribution in [0.15, 0.2) is 24.3 Å². The number of carbonyl (C=O) groups excluding carboxylic acids is 3. The molecular formula is C17H23N3O3. The van der Waals surface area contributed by atoms with Crippen LogP contribution in [0.3, 0.4) is 0 Å². The van der Waals surface area contributed by atoms with Gasteiger partial charge < -0.3 is 10.2 Å². The van der Waals surface area contributed by atoms with Gasteiger partial charge in [-0.05, 0) is 31.0 Å². The summed E-state index contributed by atoms with van der Waals surface area (Å²) in [6.07, 6.45) is 2.04. The highest BCUT2D eigenvalue weighted by molar-refractivity contribution is 6.01. The molecule has 0 aliphatic carbocycles. The van der Waals surface area contributed by atoms with Crippen molar-refractivity contribution in [2.45, 2.75) is 33.2 Å². The minimum Gasteiger partial charge on any atom is -0.339 e. The molecule has 1 fully saturated rings. The van der Waals surface area contributed by atoms with Gasteiger partial charge in [0.2, 0.25) is 5.91 Å². The van der Waals surface area contributed by atoms with E-state index >= 15 is 0 Å². The summed E-state index contributed by atoms with van der Waals surface area (Å²) in [5, 5.41) is 2.49. The minimum atomic E-state index is -0.369. The average Bonchev–Trinajstić information content (AvgIpc) is 2.88. The number of nitrogens with one attached hydrogen (secondary N) is 1. The number of rotatable bonds is 7. The van der Waals surface area contributed by atoms with Crippen molar-refractivity contribution in [3.63, 3.8) is 0 Å². The third kappa shape index (κ3) is 4.09. The Labute approximate surface area is 136 Å². The van der Waals surface area contributed by atoms with E-state index in [-0.39, 0.29) is 30.9 Å². The van der Waals surface area contributed by atoms with Gasteiger partial charge in [0.1, 0.15) is 0 Å². The molecule has 23 heavy (non-hydrogen) atoms. The molecule has 6 nitrogen and oxygen atoms in total. The normalized spacial score (nSPS) is 14.1. The monoisotopic (exact) mass is 317 g/mol. The Morgan fingerprint density at radius 2 is 1.91 bits per heavy atom. The highest BCUT2D eigenvalue weighted by Gasteiger charge is 2.28. The summed E-state index contributed by atoms with van der Waals surface area (Å²) in [5.41, 5.74) is 1.45. The van der Waals surface area contributed by atoms with Gasteiger partial charge in [0.25, 0.3) is 5.91 Å². The number of unbranched alkanes of at least 4 members (excludes halogenated alkanes) is 1. The molecule has 0 unspecified atom stereocenters. The van der Waals surface area contributed by atoms with Crippen LogP contribution in [0.1, 0.15) is 42.6 Å². The number of imide groups is 1. The second-order valence-corrected chi connectivity index (χ2v) is 5.57. The van der Waals surface area contributed by atoms with Gasteiger partial charge >= 0.3 is 6.03 Å². The van der Waals surface area contributed by atoms with Crippen molar-refractivity contribution < 1.29 is 14.4 Å². The first-order chi connectivity index (χ1) is 11.1.